The van der Waals surface area contributed by atoms with Gasteiger partial charge in [-0.05, 0) is 74.7 Å². The van der Waals surface area contributed by atoms with Crippen LogP contribution in [0.4, 0.5) is 14.5 Å². The molecule has 0 saturated heterocycles. The van der Waals surface area contributed by atoms with Crippen molar-refractivity contribution in [2.45, 2.75) is 58.4 Å². The monoisotopic (exact) mass is 546 g/mol. The van der Waals surface area contributed by atoms with Crippen LogP contribution in [0.1, 0.15) is 50.7 Å². The lowest BCUT2D eigenvalue weighted by atomic mass is 10.1. The van der Waals surface area contributed by atoms with Crippen molar-refractivity contribution in [3.63, 3.8) is 0 Å². The van der Waals surface area contributed by atoms with Gasteiger partial charge in [-0.1, -0.05) is 25.8 Å². The number of aromatic hydroxyl groups is 1. The Balaban J connectivity index is 1.44. The van der Waals surface area contributed by atoms with Crippen LogP contribution in [-0.4, -0.2) is 67.2 Å². The van der Waals surface area contributed by atoms with E-state index >= 15 is 0 Å². The van der Waals surface area contributed by atoms with Crippen LogP contribution in [0, 0.1) is 11.6 Å². The summed E-state index contributed by atoms with van der Waals surface area (Å²) >= 11 is 0. The molecule has 0 aliphatic carbocycles. The van der Waals surface area contributed by atoms with Crippen molar-refractivity contribution >= 4 is 17.5 Å². The summed E-state index contributed by atoms with van der Waals surface area (Å²) in [6, 6.07) is 6.87. The van der Waals surface area contributed by atoms with Crippen molar-refractivity contribution in [2.75, 3.05) is 44.6 Å². The number of halogens is 2. The number of hydrogen-bond acceptors (Lipinski definition) is 6. The summed E-state index contributed by atoms with van der Waals surface area (Å²) < 4.78 is 32.7. The number of nitrogens with zero attached hydrogens (tertiary/aromatic N) is 1. The third kappa shape index (κ3) is 9.18. The van der Waals surface area contributed by atoms with Crippen LogP contribution in [-0.2, 0) is 22.4 Å². The van der Waals surface area contributed by atoms with Gasteiger partial charge in [-0.15, -0.1) is 0 Å². The van der Waals surface area contributed by atoms with Crippen molar-refractivity contribution in [2.24, 2.45) is 0 Å². The quantitative estimate of drug-likeness (QED) is 0.189. The summed E-state index contributed by atoms with van der Waals surface area (Å²) in [6.45, 7) is 6.85. The fraction of sp³-hybridized carbons (Fsp3) is 0.517. The minimum atomic E-state index is -0.462. The Morgan fingerprint density at radius 3 is 2.62 bits per heavy atom. The Labute approximate surface area is 229 Å². The molecule has 8 nitrogen and oxygen atoms in total. The highest BCUT2D eigenvalue weighted by atomic mass is 19.1. The smallest absolute Gasteiger partial charge is 0.262 e. The average molecular weight is 547 g/mol. The standard InChI is InChI=1S/C29H40F2N4O4/c1-3-4-5-20(2)35(27(38)12-15-32-14-11-22-18-23(30)7-8-24(22)31)17-16-33-13-10-21-6-9-25(36)28-29(21)39-19-26(37)34-28/h6-9,18,20,32-33,36H,3-5,10-17,19H2,1-2H3,(H,34,37). The maximum Gasteiger partial charge on any atom is 0.262 e. The molecule has 2 aromatic carbocycles. The van der Waals surface area contributed by atoms with Gasteiger partial charge in [0.1, 0.15) is 23.1 Å². The zero-order valence-corrected chi connectivity index (χ0v) is 22.8. The van der Waals surface area contributed by atoms with Gasteiger partial charge < -0.3 is 30.7 Å². The summed E-state index contributed by atoms with van der Waals surface area (Å²) in [7, 11) is 0. The molecular weight excluding hydrogens is 506 g/mol. The van der Waals surface area contributed by atoms with E-state index in [1.165, 1.54) is 6.07 Å². The second kappa shape index (κ2) is 15.4. The molecule has 4 N–H and O–H groups in total. The lowest BCUT2D eigenvalue weighted by molar-refractivity contribution is -0.133. The highest BCUT2D eigenvalue weighted by Gasteiger charge is 2.22. The normalized spacial score (nSPS) is 13.4. The van der Waals surface area contributed by atoms with Crippen molar-refractivity contribution < 1.29 is 28.2 Å². The summed E-state index contributed by atoms with van der Waals surface area (Å²) in [5.41, 5.74) is 1.50. The Kier molecular flexibility index (Phi) is 11.9. The van der Waals surface area contributed by atoms with Gasteiger partial charge in [0.05, 0.1) is 0 Å². The predicted molar refractivity (Wildman–Crippen MR) is 147 cm³/mol. The molecule has 1 aliphatic rings. The molecule has 1 atom stereocenters. The van der Waals surface area contributed by atoms with Gasteiger partial charge in [-0.2, -0.15) is 0 Å². The molecule has 39 heavy (non-hydrogen) atoms. The zero-order chi connectivity index (χ0) is 28.2. The molecule has 0 spiro atoms. The van der Waals surface area contributed by atoms with E-state index in [1.54, 1.807) is 12.1 Å². The molecule has 1 unspecified atom stereocenters. The van der Waals surface area contributed by atoms with Crippen LogP contribution in [0.3, 0.4) is 0 Å². The molecule has 0 bridgehead atoms. The minimum Gasteiger partial charge on any atom is -0.506 e. The fourth-order valence-electron chi connectivity index (χ4n) is 4.63. The summed E-state index contributed by atoms with van der Waals surface area (Å²) in [5, 5.41) is 19.2. The van der Waals surface area contributed by atoms with Gasteiger partial charge in [-0.3, -0.25) is 9.59 Å². The minimum absolute atomic E-state index is 0.0272. The van der Waals surface area contributed by atoms with Crippen LogP contribution < -0.4 is 20.7 Å². The third-order valence-electron chi connectivity index (χ3n) is 6.85. The molecule has 0 saturated carbocycles. The number of carbonyl (C=O) groups excluding carboxylic acids is 2. The predicted octanol–water partition coefficient (Wildman–Crippen LogP) is 3.76. The Hall–Kier alpha value is -3.24. The zero-order valence-electron chi connectivity index (χ0n) is 22.8. The number of ether oxygens (including phenoxy) is 1. The average Bonchev–Trinajstić information content (AvgIpc) is 2.92. The number of amides is 2. The Morgan fingerprint density at radius 1 is 1.10 bits per heavy atom. The van der Waals surface area contributed by atoms with Crippen LogP contribution in [0.2, 0.25) is 0 Å². The maximum absolute atomic E-state index is 13.8. The summed E-state index contributed by atoms with van der Waals surface area (Å²) in [4.78, 5) is 26.6. The van der Waals surface area contributed by atoms with Crippen LogP contribution in [0.5, 0.6) is 11.5 Å². The number of phenols is 1. The molecule has 214 valence electrons. The first-order valence-corrected chi connectivity index (χ1v) is 13.7. The van der Waals surface area contributed by atoms with E-state index in [4.69, 9.17) is 4.74 Å². The van der Waals surface area contributed by atoms with Crippen LogP contribution >= 0.6 is 0 Å². The first-order valence-electron chi connectivity index (χ1n) is 13.7. The first kappa shape index (κ1) is 30.3. The number of carbonyl (C=O) groups is 2. The highest BCUT2D eigenvalue weighted by Crippen LogP contribution is 2.39. The molecule has 2 amide bonds. The van der Waals surface area contributed by atoms with Gasteiger partial charge in [-0.25, -0.2) is 8.78 Å². The number of phenolic OH excluding ortho intramolecular Hbond substituents is 1. The van der Waals surface area contributed by atoms with Crippen molar-refractivity contribution in [3.05, 3.63) is 53.1 Å². The van der Waals surface area contributed by atoms with E-state index in [0.29, 0.717) is 69.0 Å². The number of nitrogens with one attached hydrogen (secondary N) is 3. The second-order valence-electron chi connectivity index (χ2n) is 9.85. The molecule has 10 heteroatoms. The van der Waals surface area contributed by atoms with E-state index in [9.17, 15) is 23.5 Å². The highest BCUT2D eigenvalue weighted by molar-refractivity contribution is 5.97. The molecular formula is C29H40F2N4O4. The van der Waals surface area contributed by atoms with Gasteiger partial charge in [0.25, 0.3) is 5.91 Å². The Bertz CT molecular complexity index is 1110. The number of hydrogen-bond donors (Lipinski definition) is 4. The number of benzene rings is 2. The summed E-state index contributed by atoms with van der Waals surface area (Å²) in [5.74, 6) is -0.666. The largest absolute Gasteiger partial charge is 0.506 e. The van der Waals surface area contributed by atoms with E-state index in [-0.39, 0.29) is 30.2 Å². The van der Waals surface area contributed by atoms with Gasteiger partial charge in [0.2, 0.25) is 5.91 Å². The van der Waals surface area contributed by atoms with E-state index in [0.717, 1.165) is 37.0 Å². The van der Waals surface area contributed by atoms with Gasteiger partial charge >= 0.3 is 0 Å². The molecule has 1 aliphatic heterocycles. The molecule has 0 fully saturated rings. The van der Waals surface area contributed by atoms with Crippen molar-refractivity contribution in [1.29, 1.82) is 0 Å². The number of rotatable bonds is 16. The topological polar surface area (TPSA) is 103 Å². The van der Waals surface area contributed by atoms with Crippen LogP contribution in [0.25, 0.3) is 0 Å². The molecule has 2 aromatic rings. The van der Waals surface area contributed by atoms with E-state index in [2.05, 4.69) is 29.8 Å². The van der Waals surface area contributed by atoms with Gasteiger partial charge in [0.15, 0.2) is 12.4 Å². The maximum atomic E-state index is 13.8. The molecule has 3 rings (SSSR count). The molecule has 0 aromatic heterocycles. The molecule has 1 heterocycles. The second-order valence-corrected chi connectivity index (χ2v) is 9.85. The van der Waals surface area contributed by atoms with Crippen molar-refractivity contribution in [1.82, 2.24) is 15.5 Å². The number of unbranched alkanes of at least 4 members (excludes halogenated alkanes) is 1. The van der Waals surface area contributed by atoms with E-state index in [1.807, 2.05) is 4.90 Å². The Morgan fingerprint density at radius 2 is 1.85 bits per heavy atom. The SMILES string of the molecule is CCCCC(C)N(CCNCCc1ccc(O)c2c1OCC(=O)N2)C(=O)CCNCCc1cc(F)ccc1F. The van der Waals surface area contributed by atoms with Gasteiger partial charge in [0, 0.05) is 32.1 Å². The van der Waals surface area contributed by atoms with E-state index < -0.39 is 11.6 Å². The number of fused-ring (bicyclic) bond motifs is 1. The third-order valence-corrected chi connectivity index (χ3v) is 6.85. The number of anilines is 1. The lowest BCUT2D eigenvalue weighted by Crippen LogP contribution is -2.43. The fourth-order valence-corrected chi connectivity index (χ4v) is 4.63. The molecule has 0 radical (unpaired) electrons. The van der Waals surface area contributed by atoms with Crippen LogP contribution in [0.15, 0.2) is 30.3 Å². The summed E-state index contributed by atoms with van der Waals surface area (Å²) in [6.07, 6.45) is 4.33. The van der Waals surface area contributed by atoms with Crippen molar-refractivity contribution in [3.8, 4) is 11.5 Å². The first-order chi connectivity index (χ1) is 18.8. The lowest BCUT2D eigenvalue weighted by Gasteiger charge is -2.30.